The Kier molecular flexibility index (Phi) is 8.64. The van der Waals surface area contributed by atoms with Crippen LogP contribution in [0.3, 0.4) is 0 Å². The van der Waals surface area contributed by atoms with E-state index in [0.29, 0.717) is 12.8 Å². The number of aliphatic hydroxyl groups is 1. The van der Waals surface area contributed by atoms with Crippen LogP contribution in [0.2, 0.25) is 0 Å². The molecule has 0 aromatic rings. The number of esters is 1. The van der Waals surface area contributed by atoms with Gasteiger partial charge in [-0.3, -0.25) is 4.79 Å². The highest BCUT2D eigenvalue weighted by atomic mass is 16.5. The summed E-state index contributed by atoms with van der Waals surface area (Å²) in [6.45, 7) is 2.16. The van der Waals surface area contributed by atoms with E-state index in [-0.39, 0.29) is 12.1 Å². The number of hydrogen-bond acceptors (Lipinski definition) is 3. The molecule has 0 rings (SSSR count). The van der Waals surface area contributed by atoms with E-state index in [1.54, 1.807) is 0 Å². The largest absolute Gasteiger partial charge is 0.469 e. The summed E-state index contributed by atoms with van der Waals surface area (Å²) in [5.74, 6) is -0.238. The number of carbonyl (C=O) groups is 1. The second kappa shape index (κ2) is 9.00. The van der Waals surface area contributed by atoms with Crippen molar-refractivity contribution < 1.29 is 14.6 Å². The van der Waals surface area contributed by atoms with Crippen molar-refractivity contribution >= 4 is 5.97 Å². The van der Waals surface area contributed by atoms with Crippen LogP contribution in [0.25, 0.3) is 0 Å². The summed E-state index contributed by atoms with van der Waals surface area (Å²) >= 11 is 0. The molecule has 0 aliphatic carbocycles. The first kappa shape index (κ1) is 13.4. The average molecular weight is 202 g/mol. The van der Waals surface area contributed by atoms with Gasteiger partial charge in [0.2, 0.25) is 0 Å². The van der Waals surface area contributed by atoms with Crippen LogP contribution in [0, 0.1) is 0 Å². The van der Waals surface area contributed by atoms with Gasteiger partial charge in [0.05, 0.1) is 13.2 Å². The third-order valence-corrected chi connectivity index (χ3v) is 2.30. The lowest BCUT2D eigenvalue weighted by Crippen LogP contribution is -2.10. The molecule has 0 saturated heterocycles. The Labute approximate surface area is 86.5 Å². The molecule has 0 aromatic carbocycles. The minimum atomic E-state index is -0.342. The second-order valence-corrected chi connectivity index (χ2v) is 3.62. The van der Waals surface area contributed by atoms with Crippen molar-refractivity contribution in [3.05, 3.63) is 0 Å². The van der Waals surface area contributed by atoms with Crippen molar-refractivity contribution in [3.63, 3.8) is 0 Å². The topological polar surface area (TPSA) is 46.5 Å². The molecule has 0 spiro atoms. The van der Waals surface area contributed by atoms with Crippen LogP contribution in [0.4, 0.5) is 0 Å². The van der Waals surface area contributed by atoms with Gasteiger partial charge in [0.25, 0.3) is 0 Å². The van der Waals surface area contributed by atoms with Gasteiger partial charge in [-0.1, -0.05) is 32.6 Å². The molecule has 0 saturated carbocycles. The van der Waals surface area contributed by atoms with Crippen molar-refractivity contribution in [2.45, 2.75) is 58.0 Å². The number of rotatable bonds is 8. The zero-order chi connectivity index (χ0) is 10.8. The third kappa shape index (κ3) is 8.05. The summed E-state index contributed by atoms with van der Waals surface area (Å²) in [5, 5.41) is 9.49. The predicted molar refractivity (Wildman–Crippen MR) is 56.0 cm³/mol. The number of unbranched alkanes of at least 4 members (excludes halogenated alkanes) is 3. The van der Waals surface area contributed by atoms with E-state index in [9.17, 15) is 9.90 Å². The Hall–Kier alpha value is -0.570. The van der Waals surface area contributed by atoms with Gasteiger partial charge in [-0.25, -0.2) is 0 Å². The van der Waals surface area contributed by atoms with Gasteiger partial charge in [0, 0.05) is 6.42 Å². The van der Waals surface area contributed by atoms with E-state index >= 15 is 0 Å². The molecule has 84 valence electrons. The molecule has 0 bridgehead atoms. The zero-order valence-corrected chi connectivity index (χ0v) is 9.29. The molecule has 1 atom stereocenters. The van der Waals surface area contributed by atoms with Crippen LogP contribution in [0.15, 0.2) is 0 Å². The smallest absolute Gasteiger partial charge is 0.305 e. The van der Waals surface area contributed by atoms with Crippen molar-refractivity contribution in [1.29, 1.82) is 0 Å². The lowest BCUT2D eigenvalue weighted by Gasteiger charge is -2.08. The molecular weight excluding hydrogens is 180 g/mol. The van der Waals surface area contributed by atoms with E-state index in [1.165, 1.54) is 26.4 Å². The first-order valence-electron chi connectivity index (χ1n) is 5.45. The van der Waals surface area contributed by atoms with Crippen molar-refractivity contribution in [2.24, 2.45) is 0 Å². The first-order valence-corrected chi connectivity index (χ1v) is 5.45. The highest BCUT2D eigenvalue weighted by molar-refractivity contribution is 5.69. The summed E-state index contributed by atoms with van der Waals surface area (Å²) in [6, 6.07) is 0. The van der Waals surface area contributed by atoms with Gasteiger partial charge in [-0.05, 0) is 12.8 Å². The monoisotopic (exact) mass is 202 g/mol. The maximum atomic E-state index is 10.8. The van der Waals surface area contributed by atoms with Crippen LogP contribution in [-0.2, 0) is 9.53 Å². The van der Waals surface area contributed by atoms with Gasteiger partial charge in [0.15, 0.2) is 0 Å². The molecule has 3 nitrogen and oxygen atoms in total. The number of ether oxygens (including phenoxy) is 1. The van der Waals surface area contributed by atoms with E-state index in [0.717, 1.165) is 12.8 Å². The summed E-state index contributed by atoms with van der Waals surface area (Å²) in [7, 11) is 1.37. The predicted octanol–water partition coefficient (Wildman–Crippen LogP) is 2.27. The fraction of sp³-hybridized carbons (Fsp3) is 0.909. The van der Waals surface area contributed by atoms with Crippen LogP contribution < -0.4 is 0 Å². The molecule has 14 heavy (non-hydrogen) atoms. The van der Waals surface area contributed by atoms with Crippen LogP contribution >= 0.6 is 0 Å². The van der Waals surface area contributed by atoms with Crippen molar-refractivity contribution in [1.82, 2.24) is 0 Å². The maximum absolute atomic E-state index is 10.8. The number of methoxy groups -OCH3 is 1. The van der Waals surface area contributed by atoms with E-state index in [4.69, 9.17) is 0 Å². The Morgan fingerprint density at radius 2 is 2.00 bits per heavy atom. The number of carbonyl (C=O) groups excluding carboxylic acids is 1. The Morgan fingerprint density at radius 3 is 2.57 bits per heavy atom. The molecule has 0 aliphatic heterocycles. The van der Waals surface area contributed by atoms with Gasteiger partial charge in [-0.15, -0.1) is 0 Å². The fourth-order valence-corrected chi connectivity index (χ4v) is 1.34. The highest BCUT2D eigenvalue weighted by Crippen LogP contribution is 2.09. The molecule has 1 N–H and O–H groups in total. The normalized spacial score (nSPS) is 12.5. The highest BCUT2D eigenvalue weighted by Gasteiger charge is 2.07. The number of hydrogen-bond donors (Lipinski definition) is 1. The zero-order valence-electron chi connectivity index (χ0n) is 9.29. The minimum Gasteiger partial charge on any atom is -0.469 e. The first-order chi connectivity index (χ1) is 6.70. The summed E-state index contributed by atoms with van der Waals surface area (Å²) in [6.07, 6.45) is 5.97. The van der Waals surface area contributed by atoms with E-state index < -0.39 is 0 Å². The molecular formula is C11H22O3. The second-order valence-electron chi connectivity index (χ2n) is 3.62. The Morgan fingerprint density at radius 1 is 1.29 bits per heavy atom. The lowest BCUT2D eigenvalue weighted by molar-refractivity contribution is -0.141. The standard InChI is InChI=1S/C11H22O3/c1-3-4-5-6-7-10(12)8-9-11(13)14-2/h10,12H,3-9H2,1-2H3/t10-/m0/s1. The van der Waals surface area contributed by atoms with Crippen LogP contribution in [0.1, 0.15) is 51.9 Å². The lowest BCUT2D eigenvalue weighted by atomic mass is 10.1. The molecule has 0 unspecified atom stereocenters. The number of aliphatic hydroxyl groups excluding tert-OH is 1. The Bertz CT molecular complexity index is 145. The molecule has 3 heteroatoms. The molecule has 0 fully saturated rings. The molecule has 0 aliphatic rings. The third-order valence-electron chi connectivity index (χ3n) is 2.30. The van der Waals surface area contributed by atoms with Gasteiger partial charge in [0.1, 0.15) is 0 Å². The molecule has 0 aromatic heterocycles. The van der Waals surface area contributed by atoms with E-state index in [1.807, 2.05) is 0 Å². The van der Waals surface area contributed by atoms with Gasteiger partial charge in [-0.2, -0.15) is 0 Å². The molecule has 0 heterocycles. The molecule has 0 radical (unpaired) electrons. The van der Waals surface area contributed by atoms with Crippen molar-refractivity contribution in [3.8, 4) is 0 Å². The van der Waals surface area contributed by atoms with Gasteiger partial charge >= 0.3 is 5.97 Å². The summed E-state index contributed by atoms with van der Waals surface area (Å²) in [5.41, 5.74) is 0. The van der Waals surface area contributed by atoms with Gasteiger partial charge < -0.3 is 9.84 Å². The minimum absolute atomic E-state index is 0.238. The van der Waals surface area contributed by atoms with Crippen molar-refractivity contribution in [2.75, 3.05) is 7.11 Å². The van der Waals surface area contributed by atoms with E-state index in [2.05, 4.69) is 11.7 Å². The fourth-order valence-electron chi connectivity index (χ4n) is 1.34. The SMILES string of the molecule is CCCCCC[C@H](O)CCC(=O)OC. The van der Waals surface area contributed by atoms with Crippen LogP contribution in [-0.4, -0.2) is 24.3 Å². The quantitative estimate of drug-likeness (QED) is 0.485. The maximum Gasteiger partial charge on any atom is 0.305 e. The summed E-state index contributed by atoms with van der Waals surface area (Å²) < 4.78 is 4.49. The molecule has 0 amide bonds. The summed E-state index contributed by atoms with van der Waals surface area (Å²) in [4.78, 5) is 10.8. The average Bonchev–Trinajstić information content (AvgIpc) is 2.21. The van der Waals surface area contributed by atoms with Crippen LogP contribution in [0.5, 0.6) is 0 Å². The Balaban J connectivity index is 3.27.